The molecule has 0 aromatic carbocycles. The number of carbonyl (C=O) groups is 1. The van der Waals surface area contributed by atoms with Gasteiger partial charge in [-0.05, 0) is 19.1 Å². The second kappa shape index (κ2) is 5.70. The minimum atomic E-state index is -1.22. The number of carbonyl (C=O) groups excluding carboxylic acids is 1. The number of aliphatic hydroxyl groups is 3. The Morgan fingerprint density at radius 1 is 1.37 bits per heavy atom. The highest BCUT2D eigenvalue weighted by molar-refractivity contribution is 5.86. The van der Waals surface area contributed by atoms with Gasteiger partial charge < -0.3 is 29.2 Å². The Bertz CT molecular complexity index is 441. The van der Waals surface area contributed by atoms with Gasteiger partial charge in [0, 0.05) is 0 Å². The first-order valence-corrected chi connectivity index (χ1v) is 5.97. The zero-order valence-corrected chi connectivity index (χ0v) is 10.4. The summed E-state index contributed by atoms with van der Waals surface area (Å²) in [5.41, 5.74) is 0. The fourth-order valence-corrected chi connectivity index (χ4v) is 1.95. The molecule has 1 saturated heterocycles. The minimum absolute atomic E-state index is 0.00501. The Balaban J connectivity index is 2.13. The van der Waals surface area contributed by atoms with Crippen molar-refractivity contribution in [2.45, 2.75) is 31.3 Å². The first-order valence-electron chi connectivity index (χ1n) is 5.97. The summed E-state index contributed by atoms with van der Waals surface area (Å²) in [6.07, 6.45) is -4.23. The van der Waals surface area contributed by atoms with Crippen LogP contribution in [0.15, 0.2) is 16.5 Å². The molecule has 1 aliphatic rings. The molecule has 7 nitrogen and oxygen atoms in total. The van der Waals surface area contributed by atoms with E-state index in [0.29, 0.717) is 0 Å². The number of hydrogen-bond acceptors (Lipinski definition) is 7. The van der Waals surface area contributed by atoms with Gasteiger partial charge in [0.1, 0.15) is 30.2 Å². The van der Waals surface area contributed by atoms with Gasteiger partial charge >= 0.3 is 5.97 Å². The van der Waals surface area contributed by atoms with Crippen molar-refractivity contribution in [2.24, 2.45) is 0 Å². The van der Waals surface area contributed by atoms with Crippen molar-refractivity contribution in [3.63, 3.8) is 0 Å². The van der Waals surface area contributed by atoms with Crippen LogP contribution in [0.25, 0.3) is 0 Å². The van der Waals surface area contributed by atoms with Crippen LogP contribution in [0.2, 0.25) is 0 Å². The van der Waals surface area contributed by atoms with Crippen LogP contribution in [0.3, 0.4) is 0 Å². The molecule has 1 fully saturated rings. The lowest BCUT2D eigenvalue weighted by Crippen LogP contribution is -2.32. The second-order valence-electron chi connectivity index (χ2n) is 4.18. The highest BCUT2D eigenvalue weighted by Gasteiger charge is 2.44. The molecule has 0 radical (unpaired) electrons. The van der Waals surface area contributed by atoms with Crippen LogP contribution in [-0.4, -0.2) is 52.8 Å². The Kier molecular flexibility index (Phi) is 4.20. The van der Waals surface area contributed by atoms with E-state index in [9.17, 15) is 15.0 Å². The summed E-state index contributed by atoms with van der Waals surface area (Å²) in [6.45, 7) is 1.48. The lowest BCUT2D eigenvalue weighted by molar-refractivity contribution is -0.0294. The van der Waals surface area contributed by atoms with Crippen LogP contribution in [0.5, 0.6) is 0 Å². The van der Waals surface area contributed by atoms with E-state index in [-0.39, 0.29) is 18.1 Å². The first-order chi connectivity index (χ1) is 9.08. The zero-order valence-electron chi connectivity index (χ0n) is 10.4. The molecule has 1 aliphatic heterocycles. The molecule has 0 spiro atoms. The fraction of sp³-hybridized carbons (Fsp3) is 0.583. The van der Waals surface area contributed by atoms with Gasteiger partial charge in [0.2, 0.25) is 5.76 Å². The smallest absolute Gasteiger partial charge is 0.374 e. The molecule has 2 heterocycles. The number of rotatable bonds is 4. The number of hydrogen-bond donors (Lipinski definition) is 3. The van der Waals surface area contributed by atoms with E-state index in [1.165, 1.54) is 12.1 Å². The Labute approximate surface area is 109 Å². The van der Waals surface area contributed by atoms with Crippen LogP contribution in [0, 0.1) is 0 Å². The van der Waals surface area contributed by atoms with Crippen LogP contribution < -0.4 is 0 Å². The predicted molar refractivity (Wildman–Crippen MR) is 61.4 cm³/mol. The third-order valence-electron chi connectivity index (χ3n) is 2.93. The van der Waals surface area contributed by atoms with E-state index < -0.39 is 37.0 Å². The molecule has 106 valence electrons. The Morgan fingerprint density at radius 2 is 2.11 bits per heavy atom. The lowest BCUT2D eigenvalue weighted by Gasteiger charge is -2.11. The topological polar surface area (TPSA) is 109 Å². The summed E-state index contributed by atoms with van der Waals surface area (Å²) in [6, 6.07) is 2.87. The van der Waals surface area contributed by atoms with Crippen LogP contribution in [0.4, 0.5) is 0 Å². The molecule has 1 aromatic rings. The summed E-state index contributed by atoms with van der Waals surface area (Å²) in [5.74, 6) is -0.416. The zero-order chi connectivity index (χ0) is 14.0. The van der Waals surface area contributed by atoms with Crippen molar-refractivity contribution in [1.29, 1.82) is 0 Å². The van der Waals surface area contributed by atoms with Gasteiger partial charge in [-0.15, -0.1) is 0 Å². The maximum Gasteiger partial charge on any atom is 0.374 e. The van der Waals surface area contributed by atoms with Gasteiger partial charge in [0.25, 0.3) is 0 Å². The number of esters is 1. The van der Waals surface area contributed by atoms with Gasteiger partial charge in [-0.2, -0.15) is 0 Å². The van der Waals surface area contributed by atoms with E-state index in [1.807, 2.05) is 0 Å². The fourth-order valence-electron chi connectivity index (χ4n) is 1.95. The van der Waals surface area contributed by atoms with E-state index in [0.717, 1.165) is 0 Å². The molecule has 0 amide bonds. The molecule has 0 unspecified atom stereocenters. The van der Waals surface area contributed by atoms with Crippen LogP contribution >= 0.6 is 0 Å². The first kappa shape index (κ1) is 14.0. The molecule has 3 N–H and O–H groups in total. The maximum atomic E-state index is 11.4. The van der Waals surface area contributed by atoms with Crippen molar-refractivity contribution in [2.75, 3.05) is 13.2 Å². The Hall–Kier alpha value is -1.41. The standard InChI is InChI=1S/C12H16O7/c1-2-17-12(16)7-4-3-6(18-7)11-10(15)9(14)8(5-13)19-11/h3-4,8-11,13-15H,2,5H2,1H3/t8-,9-,10-,11-/m1/s1. The molecule has 0 bridgehead atoms. The lowest BCUT2D eigenvalue weighted by atomic mass is 10.1. The van der Waals surface area contributed by atoms with Gasteiger partial charge in [0.15, 0.2) is 0 Å². The summed E-state index contributed by atoms with van der Waals surface area (Å²) in [7, 11) is 0. The van der Waals surface area contributed by atoms with E-state index in [1.54, 1.807) is 6.92 Å². The molecule has 0 saturated carbocycles. The molecule has 19 heavy (non-hydrogen) atoms. The average Bonchev–Trinajstić information content (AvgIpc) is 2.97. The summed E-state index contributed by atoms with van der Waals surface area (Å²) >= 11 is 0. The summed E-state index contributed by atoms with van der Waals surface area (Å²) < 4.78 is 15.3. The van der Waals surface area contributed by atoms with E-state index >= 15 is 0 Å². The molecule has 2 rings (SSSR count). The highest BCUT2D eigenvalue weighted by atomic mass is 16.6. The molecule has 7 heteroatoms. The van der Waals surface area contributed by atoms with Crippen molar-refractivity contribution < 1.29 is 34.0 Å². The minimum Gasteiger partial charge on any atom is -0.460 e. The Morgan fingerprint density at radius 3 is 2.68 bits per heavy atom. The molecular weight excluding hydrogens is 256 g/mol. The highest BCUT2D eigenvalue weighted by Crippen LogP contribution is 2.34. The largest absolute Gasteiger partial charge is 0.460 e. The van der Waals surface area contributed by atoms with Gasteiger partial charge in [0.05, 0.1) is 13.2 Å². The van der Waals surface area contributed by atoms with E-state index in [2.05, 4.69) is 0 Å². The molecule has 1 aromatic heterocycles. The quantitative estimate of drug-likeness (QED) is 0.640. The normalized spacial score (nSPS) is 30.5. The SMILES string of the molecule is CCOC(=O)c1ccc([C@H]2O[C@H](CO)[C@@H](O)[C@H]2O)o1. The van der Waals surface area contributed by atoms with Crippen molar-refractivity contribution >= 4 is 5.97 Å². The van der Waals surface area contributed by atoms with Gasteiger partial charge in [-0.1, -0.05) is 0 Å². The van der Waals surface area contributed by atoms with Crippen LogP contribution in [0.1, 0.15) is 29.3 Å². The summed E-state index contributed by atoms with van der Waals surface area (Å²) in [4.78, 5) is 11.4. The second-order valence-corrected chi connectivity index (χ2v) is 4.18. The van der Waals surface area contributed by atoms with Crippen molar-refractivity contribution in [1.82, 2.24) is 0 Å². The molecule has 4 atom stereocenters. The van der Waals surface area contributed by atoms with Crippen LogP contribution in [-0.2, 0) is 9.47 Å². The van der Waals surface area contributed by atoms with Gasteiger partial charge in [-0.3, -0.25) is 0 Å². The van der Waals surface area contributed by atoms with Gasteiger partial charge in [-0.25, -0.2) is 4.79 Å². The molecule has 0 aliphatic carbocycles. The predicted octanol–water partition coefficient (Wildman–Crippen LogP) is -0.390. The molecular formula is C12H16O7. The van der Waals surface area contributed by atoms with E-state index in [4.69, 9.17) is 19.0 Å². The van der Waals surface area contributed by atoms with Crippen molar-refractivity contribution in [3.8, 4) is 0 Å². The number of furan rings is 1. The summed E-state index contributed by atoms with van der Waals surface area (Å²) in [5, 5.41) is 28.4. The average molecular weight is 272 g/mol. The third kappa shape index (κ3) is 2.64. The van der Waals surface area contributed by atoms with Crippen molar-refractivity contribution in [3.05, 3.63) is 23.7 Å². The third-order valence-corrected chi connectivity index (χ3v) is 2.93. The number of ether oxygens (including phenoxy) is 2. The monoisotopic (exact) mass is 272 g/mol. The maximum absolute atomic E-state index is 11.4. The number of aliphatic hydroxyl groups excluding tert-OH is 3.